The van der Waals surface area contributed by atoms with Gasteiger partial charge in [0.15, 0.2) is 0 Å². The van der Waals surface area contributed by atoms with Gasteiger partial charge in [-0.3, -0.25) is 4.79 Å². The number of aromatic nitrogens is 1. The highest BCUT2D eigenvalue weighted by Crippen LogP contribution is 2.15. The number of amides is 1. The number of hydrogen-bond acceptors (Lipinski definition) is 2. The molecule has 4 heteroatoms. The van der Waals surface area contributed by atoms with Gasteiger partial charge in [-0.2, -0.15) is 0 Å². The Kier molecular flexibility index (Phi) is 4.10. The molecule has 3 rings (SSSR count). The van der Waals surface area contributed by atoms with E-state index in [1.165, 1.54) is 5.39 Å². The molecule has 0 aliphatic heterocycles. The second-order valence-electron chi connectivity index (χ2n) is 5.26. The Hall–Kier alpha value is -2.75. The van der Waals surface area contributed by atoms with Crippen molar-refractivity contribution in [2.45, 2.75) is 19.5 Å². The van der Waals surface area contributed by atoms with Crippen LogP contribution < -0.4 is 5.32 Å². The van der Waals surface area contributed by atoms with Crippen LogP contribution in [-0.4, -0.2) is 15.6 Å². The van der Waals surface area contributed by atoms with E-state index < -0.39 is 0 Å². The number of nitrogens with zero attached hydrogens (tertiary/aromatic N) is 1. The van der Waals surface area contributed by atoms with Crippen molar-refractivity contribution < 1.29 is 9.90 Å². The van der Waals surface area contributed by atoms with Crippen molar-refractivity contribution in [2.75, 3.05) is 0 Å². The average Bonchev–Trinajstić information content (AvgIpc) is 2.96. The van der Waals surface area contributed by atoms with Gasteiger partial charge in [0.05, 0.1) is 0 Å². The molecule has 2 aromatic carbocycles. The SMILES string of the molecule is O=C(CCn1ccc2ccccc21)NCc1ccc(O)cc1. The van der Waals surface area contributed by atoms with Crippen molar-refractivity contribution in [1.29, 1.82) is 0 Å². The summed E-state index contributed by atoms with van der Waals surface area (Å²) in [5.41, 5.74) is 2.12. The lowest BCUT2D eigenvalue weighted by Crippen LogP contribution is -2.23. The van der Waals surface area contributed by atoms with Crippen LogP contribution in [0.15, 0.2) is 60.8 Å². The number of rotatable bonds is 5. The van der Waals surface area contributed by atoms with Gasteiger partial charge in [0.2, 0.25) is 5.91 Å². The summed E-state index contributed by atoms with van der Waals surface area (Å²) in [5, 5.41) is 13.3. The molecule has 0 spiro atoms. The molecule has 0 atom stereocenters. The number of phenols is 1. The highest BCUT2D eigenvalue weighted by Gasteiger charge is 2.04. The molecule has 0 radical (unpaired) electrons. The van der Waals surface area contributed by atoms with Gasteiger partial charge < -0.3 is 15.0 Å². The zero-order valence-corrected chi connectivity index (χ0v) is 12.2. The minimum Gasteiger partial charge on any atom is -0.508 e. The highest BCUT2D eigenvalue weighted by atomic mass is 16.3. The van der Waals surface area contributed by atoms with Crippen LogP contribution in [0.1, 0.15) is 12.0 Å². The van der Waals surface area contributed by atoms with Crippen molar-refractivity contribution in [2.24, 2.45) is 0 Å². The fourth-order valence-electron chi connectivity index (χ4n) is 2.46. The zero-order valence-electron chi connectivity index (χ0n) is 12.2. The minimum atomic E-state index is 0.0193. The molecule has 0 saturated heterocycles. The number of carbonyl (C=O) groups is 1. The molecule has 112 valence electrons. The van der Waals surface area contributed by atoms with E-state index in [1.54, 1.807) is 24.3 Å². The molecule has 0 bridgehead atoms. The van der Waals surface area contributed by atoms with Gasteiger partial charge in [0.25, 0.3) is 0 Å². The molecule has 0 unspecified atom stereocenters. The van der Waals surface area contributed by atoms with Crippen LogP contribution in [0.5, 0.6) is 5.75 Å². The van der Waals surface area contributed by atoms with Crippen LogP contribution in [-0.2, 0) is 17.9 Å². The predicted molar refractivity (Wildman–Crippen MR) is 86.5 cm³/mol. The second-order valence-corrected chi connectivity index (χ2v) is 5.26. The van der Waals surface area contributed by atoms with Crippen LogP contribution >= 0.6 is 0 Å². The molecule has 0 aliphatic carbocycles. The van der Waals surface area contributed by atoms with Gasteiger partial charge in [0.1, 0.15) is 5.75 Å². The maximum Gasteiger partial charge on any atom is 0.222 e. The number of aryl methyl sites for hydroxylation is 1. The summed E-state index contributed by atoms with van der Waals surface area (Å²) < 4.78 is 2.09. The summed E-state index contributed by atoms with van der Waals surface area (Å²) in [7, 11) is 0. The van der Waals surface area contributed by atoms with E-state index in [1.807, 2.05) is 18.3 Å². The van der Waals surface area contributed by atoms with Crippen molar-refractivity contribution >= 4 is 16.8 Å². The summed E-state index contributed by atoms with van der Waals surface area (Å²) in [4.78, 5) is 11.9. The van der Waals surface area contributed by atoms with Crippen molar-refractivity contribution in [1.82, 2.24) is 9.88 Å². The first-order chi connectivity index (χ1) is 10.7. The van der Waals surface area contributed by atoms with Crippen molar-refractivity contribution in [3.8, 4) is 5.75 Å². The molecule has 0 aliphatic rings. The first-order valence-corrected chi connectivity index (χ1v) is 7.31. The molecule has 4 nitrogen and oxygen atoms in total. The quantitative estimate of drug-likeness (QED) is 0.760. The van der Waals surface area contributed by atoms with E-state index in [0.29, 0.717) is 19.5 Å². The summed E-state index contributed by atoms with van der Waals surface area (Å²) in [6.45, 7) is 1.14. The third-order valence-corrected chi connectivity index (χ3v) is 3.69. The molecule has 1 amide bonds. The Morgan fingerprint density at radius 3 is 2.64 bits per heavy atom. The minimum absolute atomic E-state index is 0.0193. The fraction of sp³-hybridized carbons (Fsp3) is 0.167. The van der Waals surface area contributed by atoms with Crippen molar-refractivity contribution in [3.63, 3.8) is 0 Å². The van der Waals surface area contributed by atoms with Crippen LogP contribution in [0.4, 0.5) is 0 Å². The van der Waals surface area contributed by atoms with Gasteiger partial charge in [0, 0.05) is 31.2 Å². The topological polar surface area (TPSA) is 54.3 Å². The van der Waals surface area contributed by atoms with Gasteiger partial charge in [-0.05, 0) is 35.2 Å². The molecule has 3 aromatic rings. The van der Waals surface area contributed by atoms with Gasteiger partial charge >= 0.3 is 0 Å². The smallest absolute Gasteiger partial charge is 0.222 e. The number of benzene rings is 2. The highest BCUT2D eigenvalue weighted by molar-refractivity contribution is 5.80. The number of phenolic OH excluding ortho intramolecular Hbond substituents is 1. The first-order valence-electron chi connectivity index (χ1n) is 7.31. The van der Waals surface area contributed by atoms with Crippen molar-refractivity contribution in [3.05, 3.63) is 66.4 Å². The maximum atomic E-state index is 11.9. The number of nitrogens with one attached hydrogen (secondary N) is 1. The molecule has 0 fully saturated rings. The lowest BCUT2D eigenvalue weighted by molar-refractivity contribution is -0.121. The van der Waals surface area contributed by atoms with Crippen LogP contribution in [0.25, 0.3) is 10.9 Å². The lowest BCUT2D eigenvalue weighted by atomic mass is 10.2. The lowest BCUT2D eigenvalue weighted by Gasteiger charge is -2.07. The van der Waals surface area contributed by atoms with E-state index in [0.717, 1.165) is 11.1 Å². The third-order valence-electron chi connectivity index (χ3n) is 3.69. The largest absolute Gasteiger partial charge is 0.508 e. The standard InChI is InChI=1S/C18H18N2O2/c21-16-7-5-14(6-8-16)13-19-18(22)10-12-20-11-9-15-3-1-2-4-17(15)20/h1-9,11,21H,10,12-13H2,(H,19,22). The molecule has 2 N–H and O–H groups in total. The van der Waals surface area contributed by atoms with Gasteiger partial charge in [-0.15, -0.1) is 0 Å². The monoisotopic (exact) mass is 294 g/mol. The van der Waals surface area contributed by atoms with E-state index in [2.05, 4.69) is 28.1 Å². The second kappa shape index (κ2) is 6.35. The van der Waals surface area contributed by atoms with Crippen LogP contribution in [0.3, 0.4) is 0 Å². The summed E-state index contributed by atoms with van der Waals surface area (Å²) in [5.74, 6) is 0.250. The predicted octanol–water partition coefficient (Wildman–Crippen LogP) is 3.05. The zero-order chi connectivity index (χ0) is 15.4. The van der Waals surface area contributed by atoms with E-state index in [9.17, 15) is 9.90 Å². The number of aromatic hydroxyl groups is 1. The number of para-hydroxylation sites is 1. The van der Waals surface area contributed by atoms with Crippen LogP contribution in [0.2, 0.25) is 0 Å². The molecule has 1 aromatic heterocycles. The molecule has 1 heterocycles. The maximum absolute atomic E-state index is 11.9. The Bertz CT molecular complexity index is 775. The molecule has 22 heavy (non-hydrogen) atoms. The van der Waals surface area contributed by atoms with Gasteiger partial charge in [-0.1, -0.05) is 30.3 Å². The average molecular weight is 294 g/mol. The molecular formula is C18H18N2O2. The Balaban J connectivity index is 1.53. The normalized spacial score (nSPS) is 10.7. The summed E-state index contributed by atoms with van der Waals surface area (Å²) in [6.07, 6.45) is 2.45. The number of fused-ring (bicyclic) bond motifs is 1. The first kappa shape index (κ1) is 14.2. The summed E-state index contributed by atoms with van der Waals surface area (Å²) in [6, 6.07) is 17.0. The Morgan fingerprint density at radius 2 is 1.82 bits per heavy atom. The molecule has 0 saturated carbocycles. The fourth-order valence-corrected chi connectivity index (χ4v) is 2.46. The van der Waals surface area contributed by atoms with E-state index >= 15 is 0 Å². The summed E-state index contributed by atoms with van der Waals surface area (Å²) >= 11 is 0. The van der Waals surface area contributed by atoms with E-state index in [-0.39, 0.29) is 11.7 Å². The molecular weight excluding hydrogens is 276 g/mol. The van der Waals surface area contributed by atoms with Crippen LogP contribution in [0, 0.1) is 0 Å². The Labute approximate surface area is 129 Å². The number of carbonyl (C=O) groups excluding carboxylic acids is 1. The number of hydrogen-bond donors (Lipinski definition) is 2. The third kappa shape index (κ3) is 3.28. The Morgan fingerprint density at radius 1 is 1.05 bits per heavy atom. The van der Waals surface area contributed by atoms with E-state index in [4.69, 9.17) is 0 Å². The van der Waals surface area contributed by atoms with Gasteiger partial charge in [-0.25, -0.2) is 0 Å².